The summed E-state index contributed by atoms with van der Waals surface area (Å²) in [5.74, 6) is -7.46. The number of amides is 2. The SMILES string of the molecule is COCCNC(=O)c1ccc(-c2ccc(O)c3c2C[C@H]2C[C@H]4[C@H](N(C)C)C(=O)C(C(N)=O)=C(O)[C@@]4(O)C(=O)C2=C3O)o1. The van der Waals surface area contributed by atoms with Crippen LogP contribution in [0.4, 0.5) is 0 Å². The van der Waals surface area contributed by atoms with Gasteiger partial charge in [-0.3, -0.25) is 24.1 Å². The number of benzene rings is 1. The zero-order valence-electron chi connectivity index (χ0n) is 23.1. The van der Waals surface area contributed by atoms with Crippen molar-refractivity contribution in [3.05, 3.63) is 58.1 Å². The minimum absolute atomic E-state index is 0.0270. The minimum atomic E-state index is -2.72. The Hall–Kier alpha value is -4.46. The number of phenolic OH excluding ortho intramolecular Hbond substituents is 1. The van der Waals surface area contributed by atoms with Crippen molar-refractivity contribution in [1.82, 2.24) is 10.2 Å². The maximum atomic E-state index is 13.9. The first-order valence-corrected chi connectivity index (χ1v) is 13.2. The Morgan fingerprint density at radius 2 is 1.88 bits per heavy atom. The number of carbonyl (C=O) groups is 4. The van der Waals surface area contributed by atoms with Gasteiger partial charge in [0, 0.05) is 30.7 Å². The van der Waals surface area contributed by atoms with Gasteiger partial charge in [-0.2, -0.15) is 0 Å². The number of primary amides is 1. The number of rotatable bonds is 7. The number of aromatic hydroxyl groups is 1. The highest BCUT2D eigenvalue weighted by atomic mass is 16.5. The van der Waals surface area contributed by atoms with Crippen molar-refractivity contribution < 1.29 is 48.8 Å². The molecular formula is C29H31N3O10. The molecule has 1 aromatic heterocycles. The normalized spacial score (nSPS) is 25.3. The molecule has 0 unspecified atom stereocenters. The van der Waals surface area contributed by atoms with Crippen LogP contribution in [0.15, 0.2) is 45.6 Å². The molecule has 1 heterocycles. The molecule has 0 bridgehead atoms. The van der Waals surface area contributed by atoms with Gasteiger partial charge >= 0.3 is 0 Å². The molecule has 13 heteroatoms. The molecule has 0 spiro atoms. The second-order valence-electron chi connectivity index (χ2n) is 10.9. The van der Waals surface area contributed by atoms with E-state index in [1.807, 2.05) is 0 Å². The molecule has 1 saturated carbocycles. The van der Waals surface area contributed by atoms with E-state index in [4.69, 9.17) is 14.9 Å². The van der Waals surface area contributed by atoms with Crippen LogP contribution in [0.5, 0.6) is 5.75 Å². The Morgan fingerprint density at radius 3 is 2.52 bits per heavy atom. The standard InChI is InChI=1S/C29H31N3O10/c1-32(2)22-15-11-12-10-14-13(17-6-7-18(42-17)28(39)31-8-9-41-3)4-5-16(33)20(14)23(34)19(12)25(36)29(15,40)26(37)21(24(22)35)27(30)38/h4-7,12,15,22,33-34,37,40H,8-11H2,1-3H3,(H2,30,38)(H,31,39)/t12-,15-,22-,29-/m0/s1. The Balaban J connectivity index is 1.62. The van der Waals surface area contributed by atoms with E-state index < -0.39 is 64.0 Å². The van der Waals surface area contributed by atoms with Crippen LogP contribution in [0.2, 0.25) is 0 Å². The molecule has 222 valence electrons. The molecule has 13 nitrogen and oxygen atoms in total. The van der Waals surface area contributed by atoms with Crippen LogP contribution in [-0.4, -0.2) is 94.7 Å². The first-order valence-electron chi connectivity index (χ1n) is 13.2. The molecule has 3 aliphatic rings. The molecule has 2 amide bonds. The average molecular weight is 582 g/mol. The second-order valence-corrected chi connectivity index (χ2v) is 10.9. The molecule has 0 saturated heterocycles. The van der Waals surface area contributed by atoms with Gasteiger partial charge in [0.05, 0.1) is 18.2 Å². The summed E-state index contributed by atoms with van der Waals surface area (Å²) in [7, 11) is 4.57. The van der Waals surface area contributed by atoms with E-state index in [1.165, 1.54) is 38.2 Å². The number of aliphatic hydroxyl groups excluding tert-OH is 2. The number of ketones is 2. The summed E-state index contributed by atoms with van der Waals surface area (Å²) < 4.78 is 10.7. The Bertz CT molecular complexity index is 1590. The van der Waals surface area contributed by atoms with Crippen molar-refractivity contribution >= 4 is 29.1 Å². The number of hydrogen-bond acceptors (Lipinski definition) is 11. The van der Waals surface area contributed by atoms with Gasteiger partial charge in [0.15, 0.2) is 17.1 Å². The van der Waals surface area contributed by atoms with E-state index >= 15 is 0 Å². The minimum Gasteiger partial charge on any atom is -0.508 e. The van der Waals surface area contributed by atoms with E-state index in [1.54, 1.807) is 12.1 Å². The monoisotopic (exact) mass is 581 g/mol. The Labute approximate surface area is 239 Å². The smallest absolute Gasteiger partial charge is 0.287 e. The molecule has 4 atom stereocenters. The van der Waals surface area contributed by atoms with Crippen molar-refractivity contribution in [2.75, 3.05) is 34.4 Å². The largest absolute Gasteiger partial charge is 0.508 e. The molecule has 7 N–H and O–H groups in total. The van der Waals surface area contributed by atoms with Crippen LogP contribution in [0.1, 0.15) is 28.1 Å². The molecular weight excluding hydrogens is 550 g/mol. The van der Waals surface area contributed by atoms with E-state index in [-0.39, 0.29) is 47.8 Å². The predicted octanol–water partition coefficient (Wildman–Crippen LogP) is 0.600. The lowest BCUT2D eigenvalue weighted by atomic mass is 9.57. The van der Waals surface area contributed by atoms with E-state index in [9.17, 15) is 39.6 Å². The first-order chi connectivity index (χ1) is 19.8. The molecule has 0 radical (unpaired) electrons. The average Bonchev–Trinajstić information content (AvgIpc) is 3.41. The van der Waals surface area contributed by atoms with Crippen LogP contribution in [0.3, 0.4) is 0 Å². The quantitative estimate of drug-likeness (QED) is 0.197. The maximum absolute atomic E-state index is 13.9. The van der Waals surface area contributed by atoms with Crippen LogP contribution in [0, 0.1) is 11.8 Å². The maximum Gasteiger partial charge on any atom is 0.287 e. The number of methoxy groups -OCH3 is 1. The van der Waals surface area contributed by atoms with E-state index in [0.29, 0.717) is 17.7 Å². The molecule has 1 fully saturated rings. The first kappa shape index (κ1) is 29.0. The second kappa shape index (κ2) is 10.4. The van der Waals surface area contributed by atoms with E-state index in [0.717, 1.165) is 0 Å². The number of phenols is 1. The Morgan fingerprint density at radius 1 is 1.17 bits per heavy atom. The van der Waals surface area contributed by atoms with Crippen molar-refractivity contribution in [1.29, 1.82) is 0 Å². The fourth-order valence-electron chi connectivity index (χ4n) is 6.43. The molecule has 2 aromatic rings. The highest BCUT2D eigenvalue weighted by Crippen LogP contribution is 2.53. The summed E-state index contributed by atoms with van der Waals surface area (Å²) >= 11 is 0. The van der Waals surface area contributed by atoms with Gasteiger partial charge in [0.25, 0.3) is 11.8 Å². The number of nitrogens with zero attached hydrogens (tertiary/aromatic N) is 1. The van der Waals surface area contributed by atoms with Gasteiger partial charge in [-0.15, -0.1) is 0 Å². The van der Waals surface area contributed by atoms with Crippen molar-refractivity contribution in [3.63, 3.8) is 0 Å². The summed E-state index contributed by atoms with van der Waals surface area (Å²) in [6, 6.07) is 4.70. The lowest BCUT2D eigenvalue weighted by Gasteiger charge is -2.50. The lowest BCUT2D eigenvalue weighted by molar-refractivity contribution is -0.153. The molecule has 3 aliphatic carbocycles. The predicted molar refractivity (Wildman–Crippen MR) is 146 cm³/mol. The third kappa shape index (κ3) is 4.19. The number of nitrogens with one attached hydrogen (secondary N) is 1. The van der Waals surface area contributed by atoms with Gasteiger partial charge < -0.3 is 40.6 Å². The van der Waals surface area contributed by atoms with Crippen LogP contribution in [-0.2, 0) is 25.5 Å². The highest BCUT2D eigenvalue weighted by molar-refractivity contribution is 6.24. The van der Waals surface area contributed by atoms with E-state index in [2.05, 4.69) is 5.32 Å². The number of ether oxygens (including phenoxy) is 1. The third-order valence-corrected chi connectivity index (χ3v) is 8.29. The third-order valence-electron chi connectivity index (χ3n) is 8.29. The summed E-state index contributed by atoms with van der Waals surface area (Å²) in [5, 5.41) is 47.5. The van der Waals surface area contributed by atoms with Gasteiger partial charge in [-0.1, -0.05) is 0 Å². The fraction of sp³-hybridized carbons (Fsp3) is 0.379. The highest BCUT2D eigenvalue weighted by Gasteiger charge is 2.64. The number of hydrogen-bond donors (Lipinski definition) is 6. The summed E-state index contributed by atoms with van der Waals surface area (Å²) in [6.07, 6.45) is 0.0283. The fourth-order valence-corrected chi connectivity index (χ4v) is 6.43. The van der Waals surface area contributed by atoms with Gasteiger partial charge in [0.1, 0.15) is 28.6 Å². The number of likely N-dealkylation sites (N-methyl/N-ethyl adjacent to an activating group) is 1. The summed E-state index contributed by atoms with van der Waals surface area (Å²) in [4.78, 5) is 53.2. The van der Waals surface area contributed by atoms with Crippen LogP contribution >= 0.6 is 0 Å². The molecule has 1 aromatic carbocycles. The van der Waals surface area contributed by atoms with Gasteiger partial charge in [-0.05, 0) is 62.7 Å². The lowest BCUT2D eigenvalue weighted by Crippen LogP contribution is -2.65. The van der Waals surface area contributed by atoms with Crippen molar-refractivity contribution in [2.24, 2.45) is 17.6 Å². The molecule has 5 rings (SSSR count). The Kier molecular flexibility index (Phi) is 7.21. The topological polar surface area (TPSA) is 213 Å². The number of Topliss-reactive ketones (excluding diaryl/α,β-unsaturated/α-hetero) is 2. The van der Waals surface area contributed by atoms with Crippen molar-refractivity contribution in [3.8, 4) is 17.1 Å². The van der Waals surface area contributed by atoms with Gasteiger partial charge in [0.2, 0.25) is 5.78 Å². The number of aliphatic hydroxyl groups is 3. The molecule has 42 heavy (non-hydrogen) atoms. The number of carbonyl (C=O) groups excluding carboxylic acids is 4. The van der Waals surface area contributed by atoms with Crippen LogP contribution in [0.25, 0.3) is 17.1 Å². The molecule has 0 aliphatic heterocycles. The summed E-state index contributed by atoms with van der Waals surface area (Å²) in [6.45, 7) is 0.583. The summed E-state index contributed by atoms with van der Waals surface area (Å²) in [5.41, 5.74) is 2.29. The zero-order chi connectivity index (χ0) is 30.7. The number of furan rings is 1. The number of fused-ring (bicyclic) bond motifs is 3. The van der Waals surface area contributed by atoms with Gasteiger partial charge in [-0.25, -0.2) is 0 Å². The number of nitrogens with two attached hydrogens (primary N) is 1. The van der Waals surface area contributed by atoms with Crippen molar-refractivity contribution in [2.45, 2.75) is 24.5 Å². The zero-order valence-corrected chi connectivity index (χ0v) is 23.1. The van der Waals surface area contributed by atoms with Crippen LogP contribution < -0.4 is 11.1 Å².